The molecule has 1 aliphatic rings. The molecule has 1 fully saturated rings. The van der Waals surface area contributed by atoms with Gasteiger partial charge in [0.1, 0.15) is 11.6 Å². The number of anilines is 3. The molecule has 1 unspecified atom stereocenters. The number of unbranched alkanes of at least 4 members (excludes halogenated alkanes) is 1. The molecule has 0 radical (unpaired) electrons. The van der Waals surface area contributed by atoms with Crippen molar-refractivity contribution in [1.29, 1.82) is 0 Å². The van der Waals surface area contributed by atoms with E-state index < -0.39 is 6.10 Å². The summed E-state index contributed by atoms with van der Waals surface area (Å²) in [5, 5.41) is 4.77. The van der Waals surface area contributed by atoms with E-state index in [2.05, 4.69) is 17.2 Å². The van der Waals surface area contributed by atoms with E-state index in [1.165, 1.54) is 0 Å². The Morgan fingerprint density at radius 1 is 1.21 bits per heavy atom. The van der Waals surface area contributed by atoms with Crippen LogP contribution in [0.4, 0.5) is 17.2 Å². The predicted molar refractivity (Wildman–Crippen MR) is 136 cm³/mol. The predicted octanol–water partition coefficient (Wildman–Crippen LogP) is 5.22. The Kier molecular flexibility index (Phi) is 7.30. The molecule has 7 heteroatoms. The summed E-state index contributed by atoms with van der Waals surface area (Å²) < 4.78 is 6.13. The fourth-order valence-electron chi connectivity index (χ4n) is 4.36. The lowest BCUT2D eigenvalue weighted by Gasteiger charge is -2.28. The summed E-state index contributed by atoms with van der Waals surface area (Å²) in [5.41, 5.74) is 8.57. The molecule has 0 spiro atoms. The molecular formula is C27H32N4O3. The number of piperidine rings is 1. The summed E-state index contributed by atoms with van der Waals surface area (Å²) in [6.07, 6.45) is 6.00. The topological polar surface area (TPSA) is 97.6 Å². The van der Waals surface area contributed by atoms with Gasteiger partial charge in [-0.25, -0.2) is 4.98 Å². The van der Waals surface area contributed by atoms with Crippen LogP contribution in [0.3, 0.4) is 0 Å². The van der Waals surface area contributed by atoms with Crippen LogP contribution in [-0.4, -0.2) is 29.4 Å². The molecule has 34 heavy (non-hydrogen) atoms. The van der Waals surface area contributed by atoms with Crippen molar-refractivity contribution in [3.63, 3.8) is 0 Å². The first-order valence-corrected chi connectivity index (χ1v) is 12.0. The van der Waals surface area contributed by atoms with Crippen molar-refractivity contribution in [3.05, 3.63) is 54.2 Å². The maximum Gasteiger partial charge on any atom is 0.265 e. The molecule has 7 nitrogen and oxygen atoms in total. The van der Waals surface area contributed by atoms with Gasteiger partial charge in [0, 0.05) is 35.9 Å². The first-order valence-electron chi connectivity index (χ1n) is 12.0. The highest BCUT2D eigenvalue weighted by Crippen LogP contribution is 2.28. The van der Waals surface area contributed by atoms with Gasteiger partial charge in [0.25, 0.3) is 5.91 Å². The van der Waals surface area contributed by atoms with Gasteiger partial charge in [-0.3, -0.25) is 9.59 Å². The molecular weight excluding hydrogens is 428 g/mol. The molecule has 0 bridgehead atoms. The first-order chi connectivity index (χ1) is 16.5. The van der Waals surface area contributed by atoms with Crippen LogP contribution in [0.2, 0.25) is 0 Å². The fraction of sp³-hybridized carbons (Fsp3) is 0.370. The Bertz CT molecular complexity index is 1190. The second-order valence-electron chi connectivity index (χ2n) is 8.82. The summed E-state index contributed by atoms with van der Waals surface area (Å²) in [6.45, 7) is 4.79. The number of carbonyl (C=O) groups is 2. The van der Waals surface area contributed by atoms with Crippen LogP contribution < -0.4 is 20.7 Å². The second-order valence-corrected chi connectivity index (χ2v) is 8.82. The van der Waals surface area contributed by atoms with Crippen molar-refractivity contribution < 1.29 is 14.3 Å². The van der Waals surface area contributed by atoms with Gasteiger partial charge in [-0.2, -0.15) is 0 Å². The number of aromatic nitrogens is 1. The third-order valence-corrected chi connectivity index (χ3v) is 6.24. The lowest BCUT2D eigenvalue weighted by atomic mass is 10.1. The number of benzene rings is 2. The quantitative estimate of drug-likeness (QED) is 0.480. The van der Waals surface area contributed by atoms with Gasteiger partial charge < -0.3 is 20.7 Å². The smallest absolute Gasteiger partial charge is 0.265 e. The maximum atomic E-state index is 13.2. The SMILES string of the molecule is CCCCC(Oc1ccc2ccnc(N)c2c1)C(=O)Nc1ccc(N2CCCCC2=O)c(C)c1. The molecule has 2 heterocycles. The van der Waals surface area contributed by atoms with Crippen molar-refractivity contribution in [2.75, 3.05) is 22.5 Å². The maximum absolute atomic E-state index is 13.2. The Balaban J connectivity index is 1.50. The molecule has 1 saturated heterocycles. The number of ether oxygens (including phenoxy) is 1. The number of hydrogen-bond acceptors (Lipinski definition) is 5. The largest absolute Gasteiger partial charge is 0.481 e. The van der Waals surface area contributed by atoms with Gasteiger partial charge in [-0.15, -0.1) is 0 Å². The van der Waals surface area contributed by atoms with Crippen molar-refractivity contribution in [2.45, 2.75) is 58.5 Å². The molecule has 1 atom stereocenters. The number of nitrogens with two attached hydrogens (primary N) is 1. The van der Waals surface area contributed by atoms with Crippen molar-refractivity contribution in [1.82, 2.24) is 4.98 Å². The van der Waals surface area contributed by atoms with Crippen LogP contribution in [-0.2, 0) is 9.59 Å². The lowest BCUT2D eigenvalue weighted by Crippen LogP contribution is -2.35. The van der Waals surface area contributed by atoms with E-state index >= 15 is 0 Å². The van der Waals surface area contributed by atoms with Gasteiger partial charge in [0.15, 0.2) is 6.10 Å². The third kappa shape index (κ3) is 5.30. The number of nitrogens with one attached hydrogen (secondary N) is 1. The van der Waals surface area contributed by atoms with Gasteiger partial charge >= 0.3 is 0 Å². The molecule has 0 saturated carbocycles. The Labute approximate surface area is 200 Å². The van der Waals surface area contributed by atoms with E-state index in [-0.39, 0.29) is 11.8 Å². The normalized spacial score (nSPS) is 14.8. The number of pyridine rings is 1. The Hall–Kier alpha value is -3.61. The first kappa shape index (κ1) is 23.5. The minimum Gasteiger partial charge on any atom is -0.481 e. The van der Waals surface area contributed by atoms with E-state index in [0.717, 1.165) is 54.3 Å². The molecule has 2 amide bonds. The number of amides is 2. The number of fused-ring (bicyclic) bond motifs is 1. The molecule has 1 aromatic heterocycles. The second kappa shape index (κ2) is 10.5. The van der Waals surface area contributed by atoms with Crippen LogP contribution in [0.25, 0.3) is 10.8 Å². The highest BCUT2D eigenvalue weighted by atomic mass is 16.5. The number of rotatable bonds is 8. The standard InChI is InChI=1S/C27H32N4O3/c1-3-4-7-24(34-21-11-9-19-13-14-29-26(28)22(19)17-21)27(33)30-20-10-12-23(18(2)16-20)31-15-6-5-8-25(31)32/h9-14,16-17,24H,3-8,15H2,1-2H3,(H2,28,29)(H,30,33). The van der Waals surface area contributed by atoms with E-state index in [4.69, 9.17) is 10.5 Å². The van der Waals surface area contributed by atoms with Gasteiger partial charge in [-0.1, -0.05) is 19.4 Å². The summed E-state index contributed by atoms with van der Waals surface area (Å²) in [4.78, 5) is 31.5. The van der Waals surface area contributed by atoms with Crippen molar-refractivity contribution >= 4 is 39.8 Å². The zero-order valence-electron chi connectivity index (χ0n) is 19.8. The minimum atomic E-state index is -0.640. The monoisotopic (exact) mass is 460 g/mol. The average Bonchev–Trinajstić information content (AvgIpc) is 2.83. The molecule has 2 aromatic carbocycles. The van der Waals surface area contributed by atoms with Crippen LogP contribution >= 0.6 is 0 Å². The van der Waals surface area contributed by atoms with Crippen LogP contribution in [0.1, 0.15) is 51.0 Å². The fourth-order valence-corrected chi connectivity index (χ4v) is 4.36. The average molecular weight is 461 g/mol. The Morgan fingerprint density at radius 3 is 2.82 bits per heavy atom. The van der Waals surface area contributed by atoms with Crippen LogP contribution in [0, 0.1) is 6.92 Å². The minimum absolute atomic E-state index is 0.158. The summed E-state index contributed by atoms with van der Waals surface area (Å²) >= 11 is 0. The van der Waals surface area contributed by atoms with E-state index in [9.17, 15) is 9.59 Å². The highest BCUT2D eigenvalue weighted by molar-refractivity contribution is 5.97. The number of nitrogens with zero attached hydrogens (tertiary/aromatic N) is 2. The Morgan fingerprint density at radius 2 is 2.06 bits per heavy atom. The number of carbonyl (C=O) groups excluding carboxylic acids is 2. The van der Waals surface area contributed by atoms with Crippen molar-refractivity contribution in [2.24, 2.45) is 0 Å². The summed E-state index contributed by atoms with van der Waals surface area (Å²) in [5.74, 6) is 0.971. The zero-order valence-corrected chi connectivity index (χ0v) is 19.8. The molecule has 0 aliphatic carbocycles. The van der Waals surface area contributed by atoms with Gasteiger partial charge in [0.2, 0.25) is 5.91 Å². The number of nitrogen functional groups attached to an aromatic ring is 1. The van der Waals surface area contributed by atoms with E-state index in [1.54, 1.807) is 6.20 Å². The van der Waals surface area contributed by atoms with E-state index in [1.807, 2.05) is 54.3 Å². The molecule has 178 valence electrons. The van der Waals surface area contributed by atoms with E-state index in [0.29, 0.717) is 30.1 Å². The molecule has 1 aliphatic heterocycles. The number of hydrogen-bond donors (Lipinski definition) is 2. The van der Waals surface area contributed by atoms with Crippen LogP contribution in [0.5, 0.6) is 5.75 Å². The van der Waals surface area contributed by atoms with Gasteiger partial charge in [0.05, 0.1) is 0 Å². The van der Waals surface area contributed by atoms with Crippen LogP contribution in [0.15, 0.2) is 48.7 Å². The molecule has 3 N–H and O–H groups in total. The third-order valence-electron chi connectivity index (χ3n) is 6.24. The summed E-state index contributed by atoms with van der Waals surface area (Å²) in [6, 6.07) is 13.2. The molecule has 3 aromatic rings. The van der Waals surface area contributed by atoms with Gasteiger partial charge in [-0.05, 0) is 80.0 Å². The summed E-state index contributed by atoms with van der Waals surface area (Å²) in [7, 11) is 0. The lowest BCUT2D eigenvalue weighted by molar-refractivity contribution is -0.123. The zero-order chi connectivity index (χ0) is 24.1. The number of aryl methyl sites for hydroxylation is 1. The van der Waals surface area contributed by atoms with Crippen molar-refractivity contribution in [3.8, 4) is 5.75 Å². The molecule has 4 rings (SSSR count). The highest BCUT2D eigenvalue weighted by Gasteiger charge is 2.23.